The van der Waals surface area contributed by atoms with Gasteiger partial charge in [-0.2, -0.15) is 0 Å². The van der Waals surface area contributed by atoms with E-state index in [1.54, 1.807) is 42.5 Å². The summed E-state index contributed by atoms with van der Waals surface area (Å²) in [6, 6.07) is 11.6. The van der Waals surface area contributed by atoms with Gasteiger partial charge in [0.1, 0.15) is 11.5 Å². The third-order valence-corrected chi connectivity index (χ3v) is 3.62. The third kappa shape index (κ3) is 4.42. The number of esters is 1. The highest BCUT2D eigenvalue weighted by molar-refractivity contribution is 9.10. The summed E-state index contributed by atoms with van der Waals surface area (Å²) in [7, 11) is 0. The summed E-state index contributed by atoms with van der Waals surface area (Å²) in [5, 5.41) is 0. The number of Topliss-reactive ketones (excluding diaryl/α,β-unsaturated/α-hetero) is 1. The number of para-hydroxylation sites is 1. The van der Waals surface area contributed by atoms with Crippen molar-refractivity contribution in [1.29, 1.82) is 0 Å². The van der Waals surface area contributed by atoms with E-state index in [2.05, 4.69) is 15.9 Å². The van der Waals surface area contributed by atoms with Crippen LogP contribution < -0.4 is 9.47 Å². The molecule has 0 unspecified atom stereocenters. The molecule has 4 nitrogen and oxygen atoms in total. The zero-order valence-corrected chi connectivity index (χ0v) is 14.7. The molecule has 2 aromatic rings. The van der Waals surface area contributed by atoms with E-state index < -0.39 is 5.97 Å². The Morgan fingerprint density at radius 3 is 2.35 bits per heavy atom. The van der Waals surface area contributed by atoms with Crippen molar-refractivity contribution in [2.24, 2.45) is 0 Å². The highest BCUT2D eigenvalue weighted by Gasteiger charge is 2.15. The van der Waals surface area contributed by atoms with Crippen molar-refractivity contribution in [3.05, 3.63) is 58.1 Å². The quantitative estimate of drug-likeness (QED) is 0.432. The first-order valence-corrected chi connectivity index (χ1v) is 7.96. The van der Waals surface area contributed by atoms with E-state index in [9.17, 15) is 9.59 Å². The number of carbonyl (C=O) groups is 2. The minimum absolute atomic E-state index is 0.0338. The van der Waals surface area contributed by atoms with Crippen molar-refractivity contribution in [1.82, 2.24) is 0 Å². The Kier molecular flexibility index (Phi) is 5.55. The number of benzene rings is 2. The maximum atomic E-state index is 12.3. The monoisotopic (exact) mass is 376 g/mol. The van der Waals surface area contributed by atoms with E-state index in [1.807, 2.05) is 13.8 Å². The molecular formula is C18H17BrO4. The number of ether oxygens (including phenoxy) is 2. The van der Waals surface area contributed by atoms with E-state index in [-0.39, 0.29) is 17.6 Å². The molecule has 0 amide bonds. The summed E-state index contributed by atoms with van der Waals surface area (Å²) >= 11 is 3.38. The molecule has 0 fully saturated rings. The smallest absolute Gasteiger partial charge is 0.343 e. The van der Waals surface area contributed by atoms with Gasteiger partial charge < -0.3 is 9.47 Å². The van der Waals surface area contributed by atoms with Crippen LogP contribution in [0.3, 0.4) is 0 Å². The maximum absolute atomic E-state index is 12.3. The van der Waals surface area contributed by atoms with E-state index in [1.165, 1.54) is 6.92 Å². The van der Waals surface area contributed by atoms with Crippen LogP contribution in [0.2, 0.25) is 0 Å². The number of hydrogen-bond donors (Lipinski definition) is 0. The molecule has 0 aromatic heterocycles. The fraction of sp³-hybridized carbons (Fsp3) is 0.222. The minimum Gasteiger partial charge on any atom is -0.490 e. The predicted molar refractivity (Wildman–Crippen MR) is 91.3 cm³/mol. The normalized spacial score (nSPS) is 10.5. The van der Waals surface area contributed by atoms with E-state index in [4.69, 9.17) is 9.47 Å². The van der Waals surface area contributed by atoms with Gasteiger partial charge in [-0.3, -0.25) is 4.79 Å². The Morgan fingerprint density at radius 1 is 1.04 bits per heavy atom. The molecule has 2 rings (SSSR count). The van der Waals surface area contributed by atoms with Crippen molar-refractivity contribution in [2.45, 2.75) is 26.9 Å². The summed E-state index contributed by atoms with van der Waals surface area (Å²) < 4.78 is 11.6. The lowest BCUT2D eigenvalue weighted by molar-refractivity contribution is 0.0732. The molecule has 2 aromatic carbocycles. The molecule has 0 spiro atoms. The number of rotatable bonds is 5. The molecule has 23 heavy (non-hydrogen) atoms. The number of ketones is 1. The van der Waals surface area contributed by atoms with Crippen molar-refractivity contribution in [3.8, 4) is 11.5 Å². The van der Waals surface area contributed by atoms with Crippen LogP contribution in [0.25, 0.3) is 0 Å². The second-order valence-corrected chi connectivity index (χ2v) is 6.11. The van der Waals surface area contributed by atoms with Crippen LogP contribution in [0, 0.1) is 0 Å². The van der Waals surface area contributed by atoms with Crippen molar-refractivity contribution in [2.75, 3.05) is 0 Å². The van der Waals surface area contributed by atoms with Crippen LogP contribution in [-0.2, 0) is 0 Å². The van der Waals surface area contributed by atoms with Gasteiger partial charge in [0.25, 0.3) is 0 Å². The van der Waals surface area contributed by atoms with E-state index in [0.717, 1.165) is 0 Å². The lowest BCUT2D eigenvalue weighted by Gasteiger charge is -2.12. The van der Waals surface area contributed by atoms with Crippen molar-refractivity contribution < 1.29 is 19.1 Å². The largest absolute Gasteiger partial charge is 0.490 e. The predicted octanol–water partition coefficient (Wildman–Crippen LogP) is 4.66. The summed E-state index contributed by atoms with van der Waals surface area (Å²) in [5.41, 5.74) is 0.742. The Morgan fingerprint density at radius 2 is 1.74 bits per heavy atom. The van der Waals surface area contributed by atoms with E-state index >= 15 is 0 Å². The molecule has 5 heteroatoms. The molecule has 0 aliphatic rings. The topological polar surface area (TPSA) is 52.6 Å². The second-order valence-electron chi connectivity index (χ2n) is 5.25. The Balaban J connectivity index is 2.22. The SMILES string of the molecule is CC(=O)c1ccccc1OC(=O)c1ccc(OC(C)C)c(Br)c1. The molecule has 0 saturated heterocycles. The fourth-order valence-corrected chi connectivity index (χ4v) is 2.45. The van der Waals surface area contributed by atoms with Gasteiger partial charge in [-0.25, -0.2) is 4.79 Å². The molecule has 120 valence electrons. The second kappa shape index (κ2) is 7.42. The average Bonchev–Trinajstić information content (AvgIpc) is 2.49. The summed E-state index contributed by atoms with van der Waals surface area (Å²) in [6.07, 6.45) is 0.0338. The molecule has 0 radical (unpaired) electrons. The van der Waals surface area contributed by atoms with Gasteiger partial charge in [0, 0.05) is 0 Å². The van der Waals surface area contributed by atoms with Crippen LogP contribution in [0.1, 0.15) is 41.5 Å². The number of hydrogen-bond acceptors (Lipinski definition) is 4. The first-order chi connectivity index (χ1) is 10.9. The summed E-state index contributed by atoms with van der Waals surface area (Å²) in [4.78, 5) is 23.8. The minimum atomic E-state index is -0.532. The van der Waals surface area contributed by atoms with Crippen LogP contribution in [0.5, 0.6) is 11.5 Å². The molecule has 0 aliphatic carbocycles. The van der Waals surface area contributed by atoms with Crippen molar-refractivity contribution >= 4 is 27.7 Å². The number of halogens is 1. The average molecular weight is 377 g/mol. The zero-order chi connectivity index (χ0) is 17.0. The molecule has 0 heterocycles. The Bertz CT molecular complexity index is 738. The summed E-state index contributed by atoms with van der Waals surface area (Å²) in [6.45, 7) is 5.28. The van der Waals surface area contributed by atoms with Crippen LogP contribution in [0.4, 0.5) is 0 Å². The van der Waals surface area contributed by atoms with E-state index in [0.29, 0.717) is 21.3 Å². The van der Waals surface area contributed by atoms with Crippen LogP contribution in [0.15, 0.2) is 46.9 Å². The lowest BCUT2D eigenvalue weighted by atomic mass is 10.1. The molecule has 0 bridgehead atoms. The molecule has 0 aliphatic heterocycles. The van der Waals surface area contributed by atoms with Crippen LogP contribution in [-0.4, -0.2) is 17.9 Å². The lowest BCUT2D eigenvalue weighted by Crippen LogP contribution is -2.11. The molecule has 0 N–H and O–H groups in total. The summed E-state index contributed by atoms with van der Waals surface area (Å²) in [5.74, 6) is 0.218. The first-order valence-electron chi connectivity index (χ1n) is 7.17. The number of carbonyl (C=O) groups excluding carboxylic acids is 2. The Hall–Kier alpha value is -2.14. The van der Waals surface area contributed by atoms with Gasteiger partial charge in [-0.15, -0.1) is 0 Å². The first kappa shape index (κ1) is 17.2. The molecule has 0 atom stereocenters. The van der Waals surface area contributed by atoms with Gasteiger partial charge in [0.15, 0.2) is 5.78 Å². The van der Waals surface area contributed by atoms with Gasteiger partial charge in [0.05, 0.1) is 21.7 Å². The highest BCUT2D eigenvalue weighted by Crippen LogP contribution is 2.28. The zero-order valence-electron chi connectivity index (χ0n) is 13.1. The van der Waals surface area contributed by atoms with Gasteiger partial charge in [-0.05, 0) is 67.0 Å². The van der Waals surface area contributed by atoms with Gasteiger partial charge >= 0.3 is 5.97 Å². The molecular weight excluding hydrogens is 360 g/mol. The highest BCUT2D eigenvalue weighted by atomic mass is 79.9. The standard InChI is InChI=1S/C18H17BrO4/c1-11(2)22-17-9-8-13(10-15(17)19)18(21)23-16-7-5-4-6-14(16)12(3)20/h4-11H,1-3H3. The molecule has 0 saturated carbocycles. The third-order valence-electron chi connectivity index (χ3n) is 3.00. The van der Waals surface area contributed by atoms with Crippen LogP contribution >= 0.6 is 15.9 Å². The Labute approximate surface area is 143 Å². The van der Waals surface area contributed by atoms with Gasteiger partial charge in [-0.1, -0.05) is 12.1 Å². The van der Waals surface area contributed by atoms with Gasteiger partial charge in [0.2, 0.25) is 0 Å². The fourth-order valence-electron chi connectivity index (χ4n) is 1.98. The van der Waals surface area contributed by atoms with Crippen molar-refractivity contribution in [3.63, 3.8) is 0 Å². The maximum Gasteiger partial charge on any atom is 0.343 e.